The standard InChI is InChI=1S/C44H78O15P2/c1-3-5-7-9-11-12-13-14-15-16-17-18-19-21-27-33-44(49)59-42(38-58-61(53,54)57-36-41(47)35-56-60(50,51)52)37-55-43(48)34-28-32-40(46)31-26-23-22-25-30-39(45)29-24-20-10-8-6-4-2/h12-13,20,22-26,30-31,39-42,45-47H,3-11,14-19,21,27-29,32-38H2,1-2H3,(H,53,54)(H2,50,51,52)/b13-12-,23-22+,24-20-,30-25+,31-26-/t39-,40-,41+,42-/m1/s1. The first-order valence-corrected chi connectivity index (χ1v) is 25.2. The molecule has 0 fully saturated rings. The van der Waals surface area contributed by atoms with Gasteiger partial charge in [0.05, 0.1) is 32.0 Å². The molecule has 0 heterocycles. The van der Waals surface area contributed by atoms with Crippen LogP contribution in [0.4, 0.5) is 0 Å². The van der Waals surface area contributed by atoms with E-state index in [0.29, 0.717) is 12.8 Å². The molecule has 0 aromatic rings. The van der Waals surface area contributed by atoms with Gasteiger partial charge in [0.15, 0.2) is 6.10 Å². The fourth-order valence-electron chi connectivity index (χ4n) is 5.59. The van der Waals surface area contributed by atoms with Gasteiger partial charge in [0.25, 0.3) is 0 Å². The van der Waals surface area contributed by atoms with Crippen LogP contribution < -0.4 is 0 Å². The molecule has 0 amide bonds. The first kappa shape index (κ1) is 58.7. The number of unbranched alkanes of at least 4 members (excludes halogenated alkanes) is 14. The largest absolute Gasteiger partial charge is 0.472 e. The van der Waals surface area contributed by atoms with Crippen molar-refractivity contribution in [3.63, 3.8) is 0 Å². The molecule has 0 aliphatic rings. The van der Waals surface area contributed by atoms with Crippen molar-refractivity contribution < 1.29 is 71.8 Å². The lowest BCUT2D eigenvalue weighted by Crippen LogP contribution is -2.30. The zero-order chi connectivity index (χ0) is 45.5. The van der Waals surface area contributed by atoms with Crippen LogP contribution in [-0.4, -0.2) is 92.8 Å². The second-order valence-corrected chi connectivity index (χ2v) is 17.7. The van der Waals surface area contributed by atoms with Crippen molar-refractivity contribution in [2.45, 2.75) is 180 Å². The molecule has 0 saturated heterocycles. The molecule has 0 aliphatic heterocycles. The van der Waals surface area contributed by atoms with E-state index in [0.717, 1.165) is 64.2 Å². The van der Waals surface area contributed by atoms with Crippen LogP contribution in [-0.2, 0) is 41.8 Å². The summed E-state index contributed by atoms with van der Waals surface area (Å²) in [5, 5.41) is 30.0. The summed E-state index contributed by atoms with van der Waals surface area (Å²) in [5.74, 6) is -1.28. The SMILES string of the molecule is CCCCC/C=C\C[C@@H](O)/C=C/C=C/C=C\[C@@H](O)CCCC(=O)OC[C@H](COP(=O)(O)OC[C@@H](O)COP(=O)(O)O)OC(=O)CCCCCCCCC/C=C\CCCCCC. The van der Waals surface area contributed by atoms with Gasteiger partial charge in [-0.05, 0) is 64.2 Å². The average molecular weight is 909 g/mol. The van der Waals surface area contributed by atoms with Crippen LogP contribution in [0, 0.1) is 0 Å². The van der Waals surface area contributed by atoms with E-state index in [1.165, 1.54) is 38.5 Å². The third kappa shape index (κ3) is 42.8. The molecule has 0 aromatic heterocycles. The molecule has 0 saturated carbocycles. The summed E-state index contributed by atoms with van der Waals surface area (Å²) < 4.78 is 47.6. The lowest BCUT2D eigenvalue weighted by Gasteiger charge is -2.20. The minimum atomic E-state index is -4.89. The third-order valence-corrected chi connectivity index (χ3v) is 10.5. The first-order chi connectivity index (χ1) is 29.2. The van der Waals surface area contributed by atoms with Crippen molar-refractivity contribution >= 4 is 27.6 Å². The van der Waals surface area contributed by atoms with Gasteiger partial charge in [0.1, 0.15) is 12.7 Å². The Labute approximate surface area is 365 Å². The Morgan fingerprint density at radius 3 is 1.66 bits per heavy atom. The number of phosphoric ester groups is 2. The van der Waals surface area contributed by atoms with E-state index in [1.54, 1.807) is 36.5 Å². The van der Waals surface area contributed by atoms with Gasteiger partial charge in [0, 0.05) is 12.8 Å². The topological polar surface area (TPSA) is 236 Å². The lowest BCUT2D eigenvalue weighted by atomic mass is 10.1. The number of esters is 2. The van der Waals surface area contributed by atoms with Gasteiger partial charge in [-0.15, -0.1) is 0 Å². The molecule has 0 aromatic carbocycles. The van der Waals surface area contributed by atoms with Gasteiger partial charge in [-0.2, -0.15) is 0 Å². The minimum Gasteiger partial charge on any atom is -0.462 e. The van der Waals surface area contributed by atoms with Crippen LogP contribution in [0.1, 0.15) is 155 Å². The van der Waals surface area contributed by atoms with Gasteiger partial charge < -0.3 is 39.5 Å². The molecule has 0 spiro atoms. The van der Waals surface area contributed by atoms with E-state index >= 15 is 0 Å². The molecule has 1 unspecified atom stereocenters. The van der Waals surface area contributed by atoms with Gasteiger partial charge in [-0.1, -0.05) is 139 Å². The van der Waals surface area contributed by atoms with E-state index in [1.807, 2.05) is 6.08 Å². The van der Waals surface area contributed by atoms with Crippen LogP contribution >= 0.6 is 15.6 Å². The number of hydrogen-bond donors (Lipinski definition) is 6. The van der Waals surface area contributed by atoms with E-state index in [-0.39, 0.29) is 25.7 Å². The molecule has 0 bridgehead atoms. The molecule has 61 heavy (non-hydrogen) atoms. The van der Waals surface area contributed by atoms with Crippen molar-refractivity contribution in [3.05, 3.63) is 60.8 Å². The number of carbonyl (C=O) groups excluding carboxylic acids is 2. The smallest absolute Gasteiger partial charge is 0.462 e. The van der Waals surface area contributed by atoms with Gasteiger partial charge in [-0.3, -0.25) is 23.2 Å². The molecule has 0 rings (SSSR count). The summed E-state index contributed by atoms with van der Waals surface area (Å²) in [6, 6.07) is 0. The Hall–Kier alpha value is -2.26. The highest BCUT2D eigenvalue weighted by molar-refractivity contribution is 7.47. The maximum Gasteiger partial charge on any atom is 0.472 e. The number of allylic oxidation sites excluding steroid dienone is 7. The maximum absolute atomic E-state index is 12.7. The van der Waals surface area contributed by atoms with E-state index in [2.05, 4.69) is 41.1 Å². The summed E-state index contributed by atoms with van der Waals surface area (Å²) in [5.41, 5.74) is 0. The van der Waals surface area contributed by atoms with Crippen molar-refractivity contribution in [3.8, 4) is 0 Å². The molecule has 17 heteroatoms. The maximum atomic E-state index is 12.7. The van der Waals surface area contributed by atoms with E-state index < -0.39 is 78.4 Å². The Balaban J connectivity index is 4.77. The Kier molecular flexibility index (Phi) is 37.9. The number of ether oxygens (including phenoxy) is 2. The quantitative estimate of drug-likeness (QED) is 0.0110. The monoisotopic (exact) mass is 908 g/mol. The van der Waals surface area contributed by atoms with Crippen LogP contribution in [0.15, 0.2) is 60.8 Å². The summed E-state index contributed by atoms with van der Waals surface area (Å²) in [6.45, 7) is 1.40. The number of aliphatic hydroxyl groups is 3. The first-order valence-electron chi connectivity index (χ1n) is 22.2. The summed E-state index contributed by atoms with van der Waals surface area (Å²) >= 11 is 0. The summed E-state index contributed by atoms with van der Waals surface area (Å²) in [4.78, 5) is 52.7. The number of phosphoric acid groups is 2. The van der Waals surface area contributed by atoms with Crippen LogP contribution in [0.2, 0.25) is 0 Å². The second kappa shape index (κ2) is 39.3. The fourth-order valence-corrected chi connectivity index (χ4v) is 6.75. The zero-order valence-corrected chi connectivity index (χ0v) is 38.5. The highest BCUT2D eigenvalue weighted by Gasteiger charge is 2.28. The van der Waals surface area contributed by atoms with Gasteiger partial charge in [0.2, 0.25) is 0 Å². The van der Waals surface area contributed by atoms with Crippen molar-refractivity contribution in [1.82, 2.24) is 0 Å². The number of hydrogen-bond acceptors (Lipinski definition) is 12. The fraction of sp³-hybridized carbons (Fsp3) is 0.727. The number of rotatable bonds is 41. The summed E-state index contributed by atoms with van der Waals surface area (Å²) in [6.07, 6.45) is 34.1. The van der Waals surface area contributed by atoms with E-state index in [9.17, 15) is 38.9 Å². The Morgan fingerprint density at radius 2 is 1.03 bits per heavy atom. The highest BCUT2D eigenvalue weighted by atomic mass is 31.2. The zero-order valence-electron chi connectivity index (χ0n) is 36.7. The van der Waals surface area contributed by atoms with Crippen molar-refractivity contribution in [1.29, 1.82) is 0 Å². The molecule has 0 radical (unpaired) electrons. The normalized spacial score (nSPS) is 15.6. The van der Waals surface area contributed by atoms with E-state index in [4.69, 9.17) is 23.8 Å². The van der Waals surface area contributed by atoms with Gasteiger partial charge in [-0.25, -0.2) is 9.13 Å². The van der Waals surface area contributed by atoms with Crippen LogP contribution in [0.5, 0.6) is 0 Å². The number of aliphatic hydroxyl groups excluding tert-OH is 3. The molecular formula is C44H78O15P2. The van der Waals surface area contributed by atoms with Crippen molar-refractivity contribution in [2.75, 3.05) is 26.4 Å². The molecule has 0 aliphatic carbocycles. The van der Waals surface area contributed by atoms with Gasteiger partial charge >= 0.3 is 27.6 Å². The molecule has 354 valence electrons. The number of carbonyl (C=O) groups is 2. The van der Waals surface area contributed by atoms with Crippen LogP contribution in [0.3, 0.4) is 0 Å². The molecule has 5 atom stereocenters. The summed E-state index contributed by atoms with van der Waals surface area (Å²) in [7, 11) is -9.76. The van der Waals surface area contributed by atoms with Crippen LogP contribution in [0.25, 0.3) is 0 Å². The molecule has 15 nitrogen and oxygen atoms in total. The highest BCUT2D eigenvalue weighted by Crippen LogP contribution is 2.43. The Bertz CT molecular complexity index is 1340. The minimum absolute atomic E-state index is 0.0675. The van der Waals surface area contributed by atoms with Crippen molar-refractivity contribution in [2.24, 2.45) is 0 Å². The predicted molar refractivity (Wildman–Crippen MR) is 237 cm³/mol. The lowest BCUT2D eigenvalue weighted by molar-refractivity contribution is -0.161. The molecular weight excluding hydrogens is 830 g/mol. The predicted octanol–water partition coefficient (Wildman–Crippen LogP) is 9.17. The average Bonchev–Trinajstić information content (AvgIpc) is 3.21. The molecule has 6 N–H and O–H groups in total. The Morgan fingerprint density at radius 1 is 0.541 bits per heavy atom. The third-order valence-electron chi connectivity index (χ3n) is 9.06. The second-order valence-electron chi connectivity index (χ2n) is 15.0.